The molecule has 3 aliphatic heterocycles. The fourth-order valence-corrected chi connectivity index (χ4v) is 8.78. The minimum Gasteiger partial charge on any atom is -0.548 e. The van der Waals surface area contributed by atoms with Crippen LogP contribution < -0.4 is 10.4 Å². The van der Waals surface area contributed by atoms with Crippen molar-refractivity contribution in [3.8, 4) is 0 Å². The summed E-state index contributed by atoms with van der Waals surface area (Å²) in [6, 6.07) is 7.19. The van der Waals surface area contributed by atoms with Crippen molar-refractivity contribution < 1.29 is 24.0 Å². The van der Waals surface area contributed by atoms with Gasteiger partial charge in [0.15, 0.2) is 0 Å². The molecule has 0 saturated carbocycles. The number of rotatable bonds is 15. The van der Waals surface area contributed by atoms with Crippen LogP contribution in [0.4, 0.5) is 0 Å². The van der Waals surface area contributed by atoms with Crippen molar-refractivity contribution in [1.82, 2.24) is 15.1 Å². The number of carbonyl (C=O) groups is 3. The van der Waals surface area contributed by atoms with Crippen molar-refractivity contribution in [3.63, 3.8) is 0 Å². The molecule has 3 aliphatic rings. The number of carboxylic acids is 1. The van der Waals surface area contributed by atoms with Crippen LogP contribution in [0.2, 0.25) is 0 Å². The van der Waals surface area contributed by atoms with E-state index >= 15 is 0 Å². The number of nitrogens with zero attached hydrogens (tertiary/aromatic N) is 3. The van der Waals surface area contributed by atoms with E-state index in [2.05, 4.69) is 33.0 Å². The van der Waals surface area contributed by atoms with Crippen LogP contribution in [-0.2, 0) is 14.4 Å². The molecule has 1 N–H and O–H groups in total. The molecule has 0 aliphatic carbocycles. The smallest absolute Gasteiger partial charge is 0.250 e. The number of fused-ring (bicyclic) bond motifs is 1. The van der Waals surface area contributed by atoms with Gasteiger partial charge in [0.05, 0.1) is 43.9 Å². The second-order valence-electron chi connectivity index (χ2n) is 13.9. The van der Waals surface area contributed by atoms with Gasteiger partial charge in [-0.3, -0.25) is 14.9 Å². The molecule has 8 nitrogen and oxygen atoms in total. The molecule has 1 aromatic rings. The highest BCUT2D eigenvalue weighted by atomic mass is 32.2. The Bertz CT molecular complexity index is 1070. The predicted molar refractivity (Wildman–Crippen MR) is 177 cm³/mol. The third-order valence-corrected chi connectivity index (χ3v) is 11.1. The van der Waals surface area contributed by atoms with Gasteiger partial charge >= 0.3 is 0 Å². The largest absolute Gasteiger partial charge is 0.548 e. The van der Waals surface area contributed by atoms with Gasteiger partial charge in [-0.15, -0.1) is 11.8 Å². The number of amides is 2. The average molecular weight is 631 g/mol. The van der Waals surface area contributed by atoms with Gasteiger partial charge in [0.25, 0.3) is 0 Å². The van der Waals surface area contributed by atoms with Gasteiger partial charge < -0.3 is 24.2 Å². The summed E-state index contributed by atoms with van der Waals surface area (Å²) >= 11 is 1.42. The van der Waals surface area contributed by atoms with Crippen LogP contribution in [0.1, 0.15) is 118 Å². The van der Waals surface area contributed by atoms with Crippen LogP contribution in [-0.4, -0.2) is 86.1 Å². The Morgan fingerprint density at radius 1 is 0.841 bits per heavy atom. The lowest BCUT2D eigenvalue weighted by Crippen LogP contribution is -2.74. The topological polar surface area (TPSA) is 92.8 Å². The van der Waals surface area contributed by atoms with Gasteiger partial charge in [0, 0.05) is 4.75 Å². The van der Waals surface area contributed by atoms with Gasteiger partial charge in [-0.05, 0) is 58.9 Å². The number of β-lactam (4-membered cyclic amide) rings is 1. The van der Waals surface area contributed by atoms with Gasteiger partial charge in [0.2, 0.25) is 11.8 Å². The molecule has 0 spiro atoms. The molecule has 9 heteroatoms. The number of benzene rings is 1. The predicted octanol–water partition coefficient (Wildman–Crippen LogP) is 5.08. The molecule has 4 atom stereocenters. The number of unbranched alkanes of at least 4 members (excludes halogenated alkanes) is 4. The number of hydrogen-bond donors (Lipinski definition) is 1. The lowest BCUT2D eigenvalue weighted by molar-refractivity contribution is -0.929. The first-order chi connectivity index (χ1) is 20.8. The number of thioether (sulfide) groups is 1. The molecule has 3 saturated heterocycles. The fourth-order valence-electron chi connectivity index (χ4n) is 7.11. The Morgan fingerprint density at radius 2 is 1.32 bits per heavy atom. The Morgan fingerprint density at radius 3 is 1.75 bits per heavy atom. The summed E-state index contributed by atoms with van der Waals surface area (Å²) < 4.78 is 0.746. The lowest BCUT2D eigenvalue weighted by atomic mass is 9.94. The highest BCUT2D eigenvalue weighted by molar-refractivity contribution is 8.01. The van der Waals surface area contributed by atoms with Gasteiger partial charge in [0.1, 0.15) is 17.5 Å². The van der Waals surface area contributed by atoms with Crippen LogP contribution >= 0.6 is 11.8 Å². The standard InChI is InChI=1S/C19H23N3O4S.C16H36N/c1-18(2)13(17(25)26)21-15(24)12(16(21)27-18)22-14(23)11(20-19(22,3)4)10-8-6-5-7-9-10;1-5-9-13-17(14-10-6-2,15-11-7-3)16-12-8-4/h5-9,11-13,16,20H,1-4H3,(H,25,26);5-16H2,1-4H3/q;+1/p-1/t11?,12?,13-,16+;/m0./s1. The second kappa shape index (κ2) is 15.5. The zero-order valence-corrected chi connectivity index (χ0v) is 29.4. The molecular weight excluding hydrogens is 572 g/mol. The van der Waals surface area contributed by atoms with E-state index in [0.717, 1.165) is 5.56 Å². The molecule has 2 amide bonds. The summed E-state index contributed by atoms with van der Waals surface area (Å²) in [6.45, 7) is 22.3. The minimum absolute atomic E-state index is 0.167. The molecule has 4 rings (SSSR count). The summed E-state index contributed by atoms with van der Waals surface area (Å²) in [7, 11) is 0. The number of carbonyl (C=O) groups excluding carboxylic acids is 3. The Kier molecular flexibility index (Phi) is 12.8. The van der Waals surface area contributed by atoms with E-state index in [4.69, 9.17) is 0 Å². The molecule has 248 valence electrons. The van der Waals surface area contributed by atoms with Crippen molar-refractivity contribution in [3.05, 3.63) is 35.9 Å². The van der Waals surface area contributed by atoms with Crippen LogP contribution in [0.3, 0.4) is 0 Å². The first kappa shape index (κ1) is 36.4. The first-order valence-corrected chi connectivity index (χ1v) is 17.9. The van der Waals surface area contributed by atoms with Crippen molar-refractivity contribution in [2.45, 2.75) is 141 Å². The highest BCUT2D eigenvalue weighted by Crippen LogP contribution is 2.53. The van der Waals surface area contributed by atoms with Crippen LogP contribution in [0.25, 0.3) is 0 Å². The van der Waals surface area contributed by atoms with Crippen molar-refractivity contribution in [2.24, 2.45) is 0 Å². The van der Waals surface area contributed by atoms with E-state index in [1.807, 2.05) is 44.2 Å². The van der Waals surface area contributed by atoms with Crippen molar-refractivity contribution in [2.75, 3.05) is 26.2 Å². The van der Waals surface area contributed by atoms with Gasteiger partial charge in [-0.2, -0.15) is 0 Å². The summed E-state index contributed by atoms with van der Waals surface area (Å²) in [6.07, 6.45) is 11.1. The second-order valence-corrected chi connectivity index (χ2v) is 15.7. The molecule has 3 heterocycles. The Balaban J connectivity index is 0.000000271. The van der Waals surface area contributed by atoms with Crippen molar-refractivity contribution >= 4 is 29.5 Å². The molecular formula is C35H58N4O4S. The highest BCUT2D eigenvalue weighted by Gasteiger charge is 2.67. The van der Waals surface area contributed by atoms with Crippen molar-refractivity contribution in [1.29, 1.82) is 0 Å². The number of quaternary nitrogens is 1. The maximum atomic E-state index is 13.2. The summed E-state index contributed by atoms with van der Waals surface area (Å²) in [5, 5.41) is 14.5. The van der Waals surface area contributed by atoms with E-state index in [-0.39, 0.29) is 17.2 Å². The summed E-state index contributed by atoms with van der Waals surface area (Å²) in [5.74, 6) is -1.75. The Hall–Kier alpha value is -2.10. The van der Waals surface area contributed by atoms with E-state index in [1.165, 1.54) is 98.7 Å². The van der Waals surface area contributed by atoms with Gasteiger partial charge in [-0.25, -0.2) is 0 Å². The first-order valence-electron chi connectivity index (χ1n) is 17.0. The quantitative estimate of drug-likeness (QED) is 0.215. The lowest BCUT2D eigenvalue weighted by Gasteiger charge is -2.51. The van der Waals surface area contributed by atoms with Crippen LogP contribution in [0, 0.1) is 0 Å². The third-order valence-electron chi connectivity index (χ3n) is 9.58. The summed E-state index contributed by atoms with van der Waals surface area (Å²) in [4.78, 5) is 40.7. The van der Waals surface area contributed by atoms with E-state index < -0.39 is 34.5 Å². The monoisotopic (exact) mass is 630 g/mol. The number of aliphatic carboxylic acids is 1. The third kappa shape index (κ3) is 7.81. The number of hydrogen-bond acceptors (Lipinski definition) is 6. The number of carboxylic acid groups (broad SMARTS) is 1. The van der Waals surface area contributed by atoms with Gasteiger partial charge in [-0.1, -0.05) is 83.7 Å². The zero-order chi connectivity index (χ0) is 32.7. The molecule has 0 radical (unpaired) electrons. The minimum atomic E-state index is -1.26. The fraction of sp³-hybridized carbons (Fsp3) is 0.743. The molecule has 3 fully saturated rings. The maximum Gasteiger partial charge on any atom is 0.250 e. The molecule has 0 bridgehead atoms. The molecule has 1 aromatic carbocycles. The summed E-state index contributed by atoms with van der Waals surface area (Å²) in [5.41, 5.74) is 0.114. The SMILES string of the molecule is CC1(C)S[C@@H]2C(N3C(=O)C(c4ccccc4)NC3(C)C)C(=O)N2[C@H]1C(=O)[O-].CCCC[N+](CCCC)(CCCC)CCCC. The zero-order valence-electron chi connectivity index (χ0n) is 28.6. The normalized spacial score (nSPS) is 25.4. The maximum absolute atomic E-state index is 13.2. The number of nitrogens with one attached hydrogen (secondary N) is 1. The van der Waals surface area contributed by atoms with Crippen LogP contribution in [0.15, 0.2) is 30.3 Å². The molecule has 2 unspecified atom stereocenters. The average Bonchev–Trinajstić information content (AvgIpc) is 3.39. The molecule has 44 heavy (non-hydrogen) atoms. The van der Waals surface area contributed by atoms with E-state index in [0.29, 0.717) is 0 Å². The van der Waals surface area contributed by atoms with Crippen LogP contribution in [0.5, 0.6) is 0 Å². The van der Waals surface area contributed by atoms with E-state index in [9.17, 15) is 19.5 Å². The molecule has 0 aromatic heterocycles. The van der Waals surface area contributed by atoms with E-state index in [1.54, 1.807) is 18.7 Å². The Labute approximate surface area is 270 Å².